The average Bonchev–Trinajstić information content (AvgIpc) is 0.799. The first-order chi connectivity index (χ1) is 50.2. The number of hydrogen-bond acceptors (Lipinski definition) is 12. The van der Waals surface area contributed by atoms with E-state index in [-0.39, 0.29) is 42.1 Å². The molecule has 4 aromatic heterocycles. The number of nitrogens with one attached hydrogen (secondary N) is 1. The number of pyridine rings is 4. The summed E-state index contributed by atoms with van der Waals surface area (Å²) in [5, 5.41) is 17.6. The van der Waals surface area contributed by atoms with Crippen molar-refractivity contribution >= 4 is 109 Å². The van der Waals surface area contributed by atoms with Crippen molar-refractivity contribution in [1.82, 2.24) is 45.0 Å². The molecule has 14 nitrogen and oxygen atoms in total. The lowest BCUT2D eigenvalue weighted by molar-refractivity contribution is -0.0755. The molecule has 2 saturated heterocycles. The molecule has 8 aromatic carbocycles. The van der Waals surface area contributed by atoms with Crippen LogP contribution in [-0.2, 0) is 4.84 Å². The minimum atomic E-state index is -0.934. The van der Waals surface area contributed by atoms with Crippen LogP contribution in [0.1, 0.15) is 117 Å². The Morgan fingerprint density at radius 2 is 0.781 bits per heavy atom. The summed E-state index contributed by atoms with van der Waals surface area (Å²) in [4.78, 5) is 67.4. The molecule has 548 valence electrons. The van der Waals surface area contributed by atoms with E-state index in [1.165, 1.54) is 98.1 Å². The number of piperidine rings is 2. The molecule has 1 atom stereocenters. The quantitative estimate of drug-likeness (QED) is 0.0408. The van der Waals surface area contributed by atoms with Gasteiger partial charge in [-0.3, -0.25) is 19.3 Å². The highest BCUT2D eigenvalue weighted by atomic mass is 127. The monoisotopic (exact) mass is 1560 g/mol. The summed E-state index contributed by atoms with van der Waals surface area (Å²) in [5.41, 5.74) is 13.9. The maximum atomic E-state index is 12.5. The van der Waals surface area contributed by atoms with E-state index in [1.54, 1.807) is 26.1 Å². The number of likely N-dealkylation sites (tertiary alicyclic amines) is 1. The molecule has 1 amide bonds. The Kier molecular flexibility index (Phi) is 34.1. The number of rotatable bonds is 16. The molecule has 2 N–H and O–H groups in total. The van der Waals surface area contributed by atoms with Gasteiger partial charge in [0.2, 0.25) is 0 Å². The van der Waals surface area contributed by atoms with Crippen molar-refractivity contribution in [2.45, 2.75) is 92.3 Å². The average molecular weight is 1560 g/mol. The minimum Gasteiger partial charge on any atom is -0.478 e. The zero-order valence-electron chi connectivity index (χ0n) is 61.9. The van der Waals surface area contributed by atoms with Crippen LogP contribution in [0.15, 0.2) is 243 Å². The summed E-state index contributed by atoms with van der Waals surface area (Å²) in [5.74, 6) is -1.06. The van der Waals surface area contributed by atoms with E-state index in [4.69, 9.17) is 9.82 Å². The predicted molar refractivity (Wildman–Crippen MR) is 449 cm³/mol. The Morgan fingerprint density at radius 1 is 0.476 bits per heavy atom. The van der Waals surface area contributed by atoms with E-state index in [1.807, 2.05) is 170 Å². The third-order valence-corrected chi connectivity index (χ3v) is 19.0. The minimum absolute atomic E-state index is 0. The first-order valence-electron chi connectivity index (χ1n) is 36.1. The number of Topliss-reactive ketones (excluding diaryl/α,β-unsaturated/α-hetero) is 1. The van der Waals surface area contributed by atoms with Gasteiger partial charge in [-0.2, -0.15) is 0 Å². The van der Waals surface area contributed by atoms with Gasteiger partial charge in [-0.1, -0.05) is 251 Å². The fraction of sp³-hybridized carbons (Fsp3) is 0.284. The Balaban J connectivity index is 0.000000185. The van der Waals surface area contributed by atoms with Gasteiger partial charge in [-0.15, -0.1) is 24.8 Å². The van der Waals surface area contributed by atoms with Crippen LogP contribution in [0.4, 0.5) is 0 Å². The SMILES string of the molecule is CC(=O)c1cc(-c2ccccc2)nc2ccccc12.CCI.CCN(CC)C1CCN(C(C)c2cc(-c3ccccc3)nc3ccccc23)CC1.CCN(CC)C1CCNCC1.CON(C)C(=O)c1cc(-c2ccccc2)nc2ccccc12.Cl.Cl.O=C(O)c1cc(-c2ccccc2)nc2ccccc12. The highest BCUT2D eigenvalue weighted by Crippen LogP contribution is 2.35. The number of carbonyl (C=O) groups is 3. The molecule has 12 aromatic rings. The van der Waals surface area contributed by atoms with Gasteiger partial charge < -0.3 is 20.2 Å². The fourth-order valence-corrected chi connectivity index (χ4v) is 13.5. The summed E-state index contributed by atoms with van der Waals surface area (Å²) in [7, 11) is 3.07. The molecule has 0 bridgehead atoms. The zero-order valence-corrected chi connectivity index (χ0v) is 65.7. The van der Waals surface area contributed by atoms with E-state index in [2.05, 4.69) is 160 Å². The van der Waals surface area contributed by atoms with E-state index < -0.39 is 5.97 Å². The number of alkyl halides is 1. The van der Waals surface area contributed by atoms with Crippen LogP contribution in [0, 0.1) is 0 Å². The van der Waals surface area contributed by atoms with Crippen LogP contribution in [-0.4, -0.2) is 145 Å². The van der Waals surface area contributed by atoms with Gasteiger partial charge in [-0.05, 0) is 137 Å². The number of aromatic nitrogens is 4. The van der Waals surface area contributed by atoms with Crippen molar-refractivity contribution in [3.63, 3.8) is 0 Å². The van der Waals surface area contributed by atoms with Gasteiger partial charge in [-0.25, -0.2) is 29.8 Å². The second-order valence-corrected chi connectivity index (χ2v) is 26.8. The lowest BCUT2D eigenvalue weighted by Crippen LogP contribution is -2.45. The number of carboxylic acid groups (broad SMARTS) is 1. The number of aromatic carboxylic acids is 1. The van der Waals surface area contributed by atoms with Crippen molar-refractivity contribution in [2.24, 2.45) is 0 Å². The number of carboxylic acids is 1. The Hall–Kier alpha value is -8.88. The molecule has 17 heteroatoms. The molecule has 0 aliphatic carbocycles. The van der Waals surface area contributed by atoms with Crippen molar-refractivity contribution in [3.05, 3.63) is 265 Å². The summed E-state index contributed by atoms with van der Waals surface area (Å²) in [6.07, 6.45) is 5.20. The molecule has 2 aliphatic rings. The molecule has 1 unspecified atom stereocenters. The van der Waals surface area contributed by atoms with Gasteiger partial charge in [0.15, 0.2) is 5.78 Å². The second kappa shape index (κ2) is 42.9. The maximum Gasteiger partial charge on any atom is 0.336 e. The molecule has 14 rings (SSSR count). The third-order valence-electron chi connectivity index (χ3n) is 19.0. The molecular formula is C88H100Cl2IN9O5. The van der Waals surface area contributed by atoms with Crippen LogP contribution >= 0.6 is 47.4 Å². The van der Waals surface area contributed by atoms with Crippen LogP contribution in [0.5, 0.6) is 0 Å². The van der Waals surface area contributed by atoms with Crippen LogP contribution in [0.25, 0.3) is 88.6 Å². The predicted octanol–water partition coefficient (Wildman–Crippen LogP) is 20.4. The summed E-state index contributed by atoms with van der Waals surface area (Å²) in [6, 6.07) is 80.7. The van der Waals surface area contributed by atoms with Gasteiger partial charge in [0.25, 0.3) is 5.91 Å². The van der Waals surface area contributed by atoms with Gasteiger partial charge in [0.1, 0.15) is 0 Å². The van der Waals surface area contributed by atoms with Crippen LogP contribution < -0.4 is 5.32 Å². The van der Waals surface area contributed by atoms with E-state index in [9.17, 15) is 19.5 Å². The first-order valence-corrected chi connectivity index (χ1v) is 37.6. The number of ketones is 1. The number of carbonyl (C=O) groups excluding carboxylic acids is 2. The maximum absolute atomic E-state index is 12.5. The second-order valence-electron chi connectivity index (χ2n) is 25.3. The van der Waals surface area contributed by atoms with Crippen molar-refractivity contribution in [1.29, 1.82) is 0 Å². The number of para-hydroxylation sites is 4. The molecule has 0 saturated carbocycles. The molecule has 6 heterocycles. The van der Waals surface area contributed by atoms with E-state index in [0.717, 1.165) is 91.8 Å². The van der Waals surface area contributed by atoms with Gasteiger partial charge in [0.05, 0.1) is 63.1 Å². The highest BCUT2D eigenvalue weighted by Gasteiger charge is 2.28. The van der Waals surface area contributed by atoms with Crippen LogP contribution in [0.2, 0.25) is 0 Å². The molecule has 0 spiro atoms. The van der Waals surface area contributed by atoms with Gasteiger partial charge in [0, 0.05) is 87.6 Å². The molecular weight excluding hydrogens is 1460 g/mol. The highest BCUT2D eigenvalue weighted by molar-refractivity contribution is 14.1. The summed E-state index contributed by atoms with van der Waals surface area (Å²) >= 11 is 2.29. The van der Waals surface area contributed by atoms with E-state index >= 15 is 0 Å². The smallest absolute Gasteiger partial charge is 0.336 e. The number of benzene rings is 8. The normalized spacial score (nSPS) is 13.1. The lowest BCUT2D eigenvalue weighted by Gasteiger charge is -2.40. The number of fused-ring (bicyclic) bond motifs is 4. The van der Waals surface area contributed by atoms with Crippen molar-refractivity contribution < 1.29 is 24.3 Å². The van der Waals surface area contributed by atoms with Gasteiger partial charge >= 0.3 is 5.97 Å². The topological polar surface area (TPSA) is 157 Å². The number of hydrogen-bond donors (Lipinski definition) is 2. The molecule has 2 aliphatic heterocycles. The third kappa shape index (κ3) is 22.6. The van der Waals surface area contributed by atoms with Crippen molar-refractivity contribution in [2.75, 3.05) is 70.9 Å². The Labute approximate surface area is 646 Å². The van der Waals surface area contributed by atoms with E-state index in [0.29, 0.717) is 28.2 Å². The standard InChI is InChI=1S/C26H33N3.C18H16N2O2.C17H13NO.C16H11NO2.C9H20N2.C2H5I.2ClH/c1-4-28(5-2)22-15-17-29(18-16-22)20(3)24-19-26(21-11-7-6-8-12-21)27-25-14-10-9-13-23(24)25;1-20(22-2)18(21)15-12-17(13-8-4-3-5-9-13)19-16-11-7-6-10-14(15)16;1-12(19)15-11-17(13-7-3-2-4-8-13)18-16-10-6-5-9-14(15)16;18-16(19)13-10-15(11-6-2-1-3-7-11)17-14-9-5-4-8-12(13)14;1-3-11(4-2)9-5-7-10-8-6-9;1-2-3;;/h6-14,19-20,22H,4-5,15-18H2,1-3H3;3-12H,1-2H3;2-11H,1H3;1-10H,(H,18,19);9-10H,3-8H2,1-2H3;2H2,1H3;2*1H. The van der Waals surface area contributed by atoms with Crippen LogP contribution in [0.3, 0.4) is 0 Å². The molecule has 2 fully saturated rings. The largest absolute Gasteiger partial charge is 0.478 e. The zero-order chi connectivity index (χ0) is 73.0. The Bertz CT molecular complexity index is 4530. The number of halogens is 3. The molecule has 105 heavy (non-hydrogen) atoms. The lowest BCUT2D eigenvalue weighted by atomic mass is 9.95. The summed E-state index contributed by atoms with van der Waals surface area (Å²) < 4.78 is 1.22. The number of nitrogens with zero attached hydrogens (tertiary/aromatic N) is 8. The molecule has 0 radical (unpaired) electrons. The summed E-state index contributed by atoms with van der Waals surface area (Å²) in [6.45, 7) is 24.6. The van der Waals surface area contributed by atoms with Crippen molar-refractivity contribution in [3.8, 4) is 45.0 Å². The first kappa shape index (κ1) is 83.4. The number of hydroxylamine groups is 2. The Morgan fingerprint density at radius 3 is 1.14 bits per heavy atom. The fourth-order valence-electron chi connectivity index (χ4n) is 13.5. The number of amides is 1.